The van der Waals surface area contributed by atoms with Crippen LogP contribution in [-0.4, -0.2) is 36.1 Å². The quantitative estimate of drug-likeness (QED) is 0.740. The van der Waals surface area contributed by atoms with Crippen LogP contribution in [0.2, 0.25) is 0 Å². The molecule has 0 saturated carbocycles. The molecule has 0 aliphatic carbocycles. The molecule has 2 nitrogen and oxygen atoms in total. The summed E-state index contributed by atoms with van der Waals surface area (Å²) in [5, 5.41) is 3.70. The summed E-state index contributed by atoms with van der Waals surface area (Å²) in [6.07, 6.45) is 11.2. The zero-order chi connectivity index (χ0) is 12.1. The third kappa shape index (κ3) is 2.85. The van der Waals surface area contributed by atoms with E-state index < -0.39 is 0 Å². The smallest absolute Gasteiger partial charge is 0.0360 e. The number of rotatable bonds is 5. The van der Waals surface area contributed by atoms with Gasteiger partial charge in [-0.1, -0.05) is 26.2 Å². The average molecular weight is 238 g/mol. The van der Waals surface area contributed by atoms with Gasteiger partial charge in [0.15, 0.2) is 0 Å². The van der Waals surface area contributed by atoms with Gasteiger partial charge in [-0.2, -0.15) is 0 Å². The predicted octanol–water partition coefficient (Wildman–Crippen LogP) is 3.17. The van der Waals surface area contributed by atoms with Gasteiger partial charge in [-0.15, -0.1) is 0 Å². The minimum Gasteiger partial charge on any atom is -0.312 e. The first-order valence-corrected chi connectivity index (χ1v) is 7.78. The van der Waals surface area contributed by atoms with Gasteiger partial charge in [-0.3, -0.25) is 4.90 Å². The predicted molar refractivity (Wildman–Crippen MR) is 74.4 cm³/mol. The lowest BCUT2D eigenvalue weighted by atomic mass is 9.81. The lowest BCUT2D eigenvalue weighted by Gasteiger charge is -2.47. The van der Waals surface area contributed by atoms with E-state index in [9.17, 15) is 0 Å². The zero-order valence-corrected chi connectivity index (χ0v) is 11.8. The fourth-order valence-electron chi connectivity index (χ4n) is 3.91. The van der Waals surface area contributed by atoms with Crippen LogP contribution >= 0.6 is 0 Å². The molecule has 0 aromatic carbocycles. The van der Waals surface area contributed by atoms with Crippen molar-refractivity contribution in [3.63, 3.8) is 0 Å². The molecule has 2 saturated heterocycles. The van der Waals surface area contributed by atoms with Crippen LogP contribution in [0.15, 0.2) is 0 Å². The van der Waals surface area contributed by atoms with Crippen molar-refractivity contribution in [2.45, 2.75) is 76.8 Å². The molecule has 0 aromatic heterocycles. The van der Waals surface area contributed by atoms with Gasteiger partial charge in [-0.25, -0.2) is 0 Å². The molecule has 0 amide bonds. The second kappa shape index (κ2) is 6.19. The molecule has 0 aromatic rings. The Balaban J connectivity index is 1.87. The molecule has 2 fully saturated rings. The monoisotopic (exact) mass is 238 g/mol. The summed E-state index contributed by atoms with van der Waals surface area (Å²) in [5.74, 6) is 0. The molecular weight excluding hydrogens is 208 g/mol. The van der Waals surface area contributed by atoms with Gasteiger partial charge in [-0.05, 0) is 58.7 Å². The van der Waals surface area contributed by atoms with E-state index in [1.165, 1.54) is 71.0 Å². The molecule has 2 aliphatic rings. The van der Waals surface area contributed by atoms with Crippen molar-refractivity contribution in [3.05, 3.63) is 0 Å². The summed E-state index contributed by atoms with van der Waals surface area (Å²) in [5.41, 5.74) is 0.518. The topological polar surface area (TPSA) is 15.3 Å². The summed E-state index contributed by atoms with van der Waals surface area (Å²) >= 11 is 0. The first-order valence-electron chi connectivity index (χ1n) is 7.78. The molecule has 100 valence electrons. The van der Waals surface area contributed by atoms with Crippen molar-refractivity contribution in [1.29, 1.82) is 0 Å². The van der Waals surface area contributed by atoms with Crippen molar-refractivity contribution in [3.8, 4) is 0 Å². The summed E-state index contributed by atoms with van der Waals surface area (Å²) < 4.78 is 0. The number of unbranched alkanes of at least 4 members (excludes halogenated alkanes) is 3. The Morgan fingerprint density at radius 3 is 2.76 bits per heavy atom. The molecule has 0 bridgehead atoms. The minimum absolute atomic E-state index is 0.518. The number of likely N-dealkylation sites (tertiary alicyclic amines) is 1. The number of nitrogens with zero attached hydrogens (tertiary/aromatic N) is 1. The zero-order valence-electron chi connectivity index (χ0n) is 11.8. The fraction of sp³-hybridized carbons (Fsp3) is 1.00. The molecule has 2 heterocycles. The van der Waals surface area contributed by atoms with E-state index in [-0.39, 0.29) is 0 Å². The lowest BCUT2D eigenvalue weighted by Crippen LogP contribution is -2.60. The molecule has 2 atom stereocenters. The van der Waals surface area contributed by atoms with E-state index in [0.29, 0.717) is 11.6 Å². The standard InChI is InChI=1S/C15H30N2/c1-3-4-5-6-12-17-13-8-10-15(17)9-7-11-16-14(15)2/h14,16H,3-13H2,1-2H3. The average Bonchev–Trinajstić information content (AvgIpc) is 2.73. The van der Waals surface area contributed by atoms with Crippen molar-refractivity contribution < 1.29 is 0 Å². The van der Waals surface area contributed by atoms with Gasteiger partial charge in [0, 0.05) is 11.6 Å². The fourth-order valence-corrected chi connectivity index (χ4v) is 3.91. The van der Waals surface area contributed by atoms with E-state index in [1.807, 2.05) is 0 Å². The van der Waals surface area contributed by atoms with Crippen molar-refractivity contribution >= 4 is 0 Å². The van der Waals surface area contributed by atoms with Gasteiger partial charge in [0.25, 0.3) is 0 Å². The van der Waals surface area contributed by atoms with E-state index in [0.717, 1.165) is 0 Å². The van der Waals surface area contributed by atoms with Crippen LogP contribution in [0.3, 0.4) is 0 Å². The van der Waals surface area contributed by atoms with Crippen LogP contribution in [0.25, 0.3) is 0 Å². The van der Waals surface area contributed by atoms with Crippen LogP contribution in [0.4, 0.5) is 0 Å². The number of hydrogen-bond donors (Lipinski definition) is 1. The number of nitrogens with one attached hydrogen (secondary N) is 1. The van der Waals surface area contributed by atoms with Gasteiger partial charge in [0.1, 0.15) is 0 Å². The highest BCUT2D eigenvalue weighted by molar-refractivity contribution is 5.04. The van der Waals surface area contributed by atoms with Crippen LogP contribution < -0.4 is 5.32 Å². The van der Waals surface area contributed by atoms with Gasteiger partial charge in [0.2, 0.25) is 0 Å². The van der Waals surface area contributed by atoms with E-state index in [4.69, 9.17) is 0 Å². The molecule has 2 heteroatoms. The first-order chi connectivity index (χ1) is 8.29. The highest BCUT2D eigenvalue weighted by Gasteiger charge is 2.45. The number of piperidine rings is 1. The maximum atomic E-state index is 3.70. The minimum atomic E-state index is 0.518. The Morgan fingerprint density at radius 2 is 2.00 bits per heavy atom. The first kappa shape index (κ1) is 13.4. The molecule has 2 unspecified atom stereocenters. The molecule has 0 radical (unpaired) electrons. The molecule has 2 rings (SSSR count). The van der Waals surface area contributed by atoms with E-state index in [1.54, 1.807) is 0 Å². The lowest BCUT2D eigenvalue weighted by molar-refractivity contribution is 0.0664. The molecule has 1 spiro atoms. The number of hydrogen-bond acceptors (Lipinski definition) is 2. The largest absolute Gasteiger partial charge is 0.312 e. The Morgan fingerprint density at radius 1 is 1.18 bits per heavy atom. The van der Waals surface area contributed by atoms with Crippen molar-refractivity contribution in [1.82, 2.24) is 10.2 Å². The third-order valence-corrected chi connectivity index (χ3v) is 4.99. The second-order valence-corrected chi connectivity index (χ2v) is 6.03. The highest BCUT2D eigenvalue weighted by atomic mass is 15.3. The molecule has 17 heavy (non-hydrogen) atoms. The van der Waals surface area contributed by atoms with Gasteiger partial charge < -0.3 is 5.32 Å². The van der Waals surface area contributed by atoms with Crippen LogP contribution in [0, 0.1) is 0 Å². The summed E-state index contributed by atoms with van der Waals surface area (Å²) in [7, 11) is 0. The van der Waals surface area contributed by atoms with Gasteiger partial charge >= 0.3 is 0 Å². The van der Waals surface area contributed by atoms with E-state index in [2.05, 4.69) is 24.1 Å². The van der Waals surface area contributed by atoms with Gasteiger partial charge in [0.05, 0.1) is 0 Å². The molecule has 2 aliphatic heterocycles. The summed E-state index contributed by atoms with van der Waals surface area (Å²) in [4.78, 5) is 2.82. The maximum absolute atomic E-state index is 3.70. The third-order valence-electron chi connectivity index (χ3n) is 4.99. The van der Waals surface area contributed by atoms with Crippen LogP contribution in [0.1, 0.15) is 65.2 Å². The maximum Gasteiger partial charge on any atom is 0.0360 e. The van der Waals surface area contributed by atoms with Crippen LogP contribution in [-0.2, 0) is 0 Å². The Bertz CT molecular complexity index is 229. The molecule has 1 N–H and O–H groups in total. The summed E-state index contributed by atoms with van der Waals surface area (Å²) in [6, 6.07) is 0.699. The Labute approximate surface area is 107 Å². The normalized spacial score (nSPS) is 34.6. The Hall–Kier alpha value is -0.0800. The summed E-state index contributed by atoms with van der Waals surface area (Å²) in [6.45, 7) is 8.62. The Kier molecular flexibility index (Phi) is 4.87. The van der Waals surface area contributed by atoms with Crippen molar-refractivity contribution in [2.75, 3.05) is 19.6 Å². The second-order valence-electron chi connectivity index (χ2n) is 6.03. The SMILES string of the molecule is CCCCCCN1CCCC12CCCNC2C. The molecular formula is C15H30N2. The highest BCUT2D eigenvalue weighted by Crippen LogP contribution is 2.38. The van der Waals surface area contributed by atoms with Crippen molar-refractivity contribution in [2.24, 2.45) is 0 Å². The van der Waals surface area contributed by atoms with Crippen LogP contribution in [0.5, 0.6) is 0 Å². The van der Waals surface area contributed by atoms with E-state index >= 15 is 0 Å².